The van der Waals surface area contributed by atoms with E-state index < -0.39 is 0 Å². The fraction of sp³-hybridized carbons (Fsp3) is 0.158. The van der Waals surface area contributed by atoms with Crippen LogP contribution in [0.3, 0.4) is 0 Å². The second-order valence-electron chi connectivity index (χ2n) is 6.04. The van der Waals surface area contributed by atoms with Gasteiger partial charge in [-0.2, -0.15) is 0 Å². The topological polar surface area (TPSA) is 72.7 Å². The predicted octanol–water partition coefficient (Wildman–Crippen LogP) is 4.05. The van der Waals surface area contributed by atoms with Crippen LogP contribution in [0.15, 0.2) is 42.7 Å². The number of aromatic nitrogens is 4. The summed E-state index contributed by atoms with van der Waals surface area (Å²) in [7, 11) is 0. The van der Waals surface area contributed by atoms with E-state index in [0.29, 0.717) is 16.5 Å². The van der Waals surface area contributed by atoms with Crippen LogP contribution in [-0.2, 0) is 0 Å². The minimum Gasteiger partial charge on any atom is -0.319 e. The number of fused-ring (bicyclic) bond motifs is 1. The van der Waals surface area contributed by atoms with Crippen LogP contribution in [0.5, 0.6) is 0 Å². The molecule has 3 heterocycles. The smallest absolute Gasteiger partial charge is 0.265 e. The van der Waals surface area contributed by atoms with Crippen molar-refractivity contribution in [2.75, 3.05) is 5.32 Å². The van der Waals surface area contributed by atoms with Crippen LogP contribution in [0.4, 0.5) is 5.69 Å². The Hall–Kier alpha value is -3.06. The van der Waals surface area contributed by atoms with E-state index in [4.69, 9.17) is 0 Å². The summed E-state index contributed by atoms with van der Waals surface area (Å²) >= 11 is 1.47. The van der Waals surface area contributed by atoms with Crippen molar-refractivity contribution in [2.24, 2.45) is 0 Å². The van der Waals surface area contributed by atoms with Crippen LogP contribution in [0.25, 0.3) is 16.0 Å². The highest BCUT2D eigenvalue weighted by Gasteiger charge is 2.13. The van der Waals surface area contributed by atoms with Crippen molar-refractivity contribution in [3.05, 3.63) is 64.8 Å². The molecule has 0 saturated heterocycles. The molecule has 0 bridgehead atoms. The Balaban J connectivity index is 1.56. The third kappa shape index (κ3) is 2.86. The molecule has 0 aliphatic heterocycles. The van der Waals surface area contributed by atoms with Crippen LogP contribution in [0.2, 0.25) is 0 Å². The van der Waals surface area contributed by atoms with Gasteiger partial charge in [0.1, 0.15) is 5.82 Å². The first kappa shape index (κ1) is 16.4. The molecule has 1 N–H and O–H groups in total. The summed E-state index contributed by atoms with van der Waals surface area (Å²) in [5, 5.41) is 3.92. The molecule has 0 aliphatic rings. The number of thiophene rings is 1. The summed E-state index contributed by atoms with van der Waals surface area (Å²) in [6, 6.07) is 9.83. The monoisotopic (exact) mass is 363 g/mol. The summed E-state index contributed by atoms with van der Waals surface area (Å²) in [5.74, 6) is 1.22. The first-order valence-corrected chi connectivity index (χ1v) is 8.99. The molecule has 0 atom stereocenters. The number of imidazole rings is 1. The van der Waals surface area contributed by atoms with Gasteiger partial charge in [0.15, 0.2) is 0 Å². The predicted molar refractivity (Wildman–Crippen MR) is 103 cm³/mol. The molecule has 7 heteroatoms. The van der Waals surface area contributed by atoms with E-state index in [-0.39, 0.29) is 5.91 Å². The number of nitrogens with one attached hydrogen (secondary N) is 1. The summed E-state index contributed by atoms with van der Waals surface area (Å²) in [5.41, 5.74) is 2.51. The number of amides is 1. The molecule has 6 nitrogen and oxygen atoms in total. The standard InChI is InChI=1S/C19H17N5OS/c1-11-12(2)24(13(3)22-11)19-20-9-15(10-21-19)23-18(25)17-8-14-6-4-5-7-16(14)26-17/h4-10H,1-3H3,(H,23,25). The van der Waals surface area contributed by atoms with Crippen molar-refractivity contribution in [1.29, 1.82) is 0 Å². The highest BCUT2D eigenvalue weighted by atomic mass is 32.1. The van der Waals surface area contributed by atoms with Crippen LogP contribution >= 0.6 is 11.3 Å². The molecule has 0 unspecified atom stereocenters. The second kappa shape index (κ2) is 6.34. The summed E-state index contributed by atoms with van der Waals surface area (Å²) in [4.78, 5) is 26.3. The summed E-state index contributed by atoms with van der Waals surface area (Å²) in [6.45, 7) is 5.86. The zero-order valence-corrected chi connectivity index (χ0v) is 15.5. The fourth-order valence-electron chi connectivity index (χ4n) is 2.86. The Bertz CT molecular complexity index is 1080. The van der Waals surface area contributed by atoms with E-state index in [2.05, 4.69) is 20.3 Å². The minimum absolute atomic E-state index is 0.159. The Morgan fingerprint density at radius 1 is 1.12 bits per heavy atom. The first-order chi connectivity index (χ1) is 12.5. The Morgan fingerprint density at radius 2 is 1.85 bits per heavy atom. The van der Waals surface area contributed by atoms with Gasteiger partial charge in [-0.25, -0.2) is 15.0 Å². The van der Waals surface area contributed by atoms with Crippen LogP contribution in [0.1, 0.15) is 26.9 Å². The zero-order chi connectivity index (χ0) is 18.3. The highest BCUT2D eigenvalue weighted by Crippen LogP contribution is 2.26. The Kier molecular flexibility index (Phi) is 4.00. The van der Waals surface area contributed by atoms with Gasteiger partial charge in [-0.05, 0) is 38.3 Å². The Morgan fingerprint density at radius 3 is 2.50 bits per heavy atom. The summed E-state index contributed by atoms with van der Waals surface area (Å²) in [6.07, 6.45) is 3.23. The molecule has 1 amide bonds. The van der Waals surface area contributed by atoms with Gasteiger partial charge in [0, 0.05) is 10.4 Å². The van der Waals surface area contributed by atoms with Crippen LogP contribution < -0.4 is 5.32 Å². The van der Waals surface area contributed by atoms with Gasteiger partial charge in [0.2, 0.25) is 5.95 Å². The fourth-order valence-corrected chi connectivity index (χ4v) is 3.82. The number of carbonyl (C=O) groups is 1. The van der Waals surface area contributed by atoms with E-state index in [1.807, 2.05) is 55.7 Å². The maximum absolute atomic E-state index is 12.5. The molecule has 1 aromatic carbocycles. The lowest BCUT2D eigenvalue weighted by atomic mass is 10.2. The van der Waals surface area contributed by atoms with Gasteiger partial charge in [-0.15, -0.1) is 11.3 Å². The zero-order valence-electron chi connectivity index (χ0n) is 14.6. The summed E-state index contributed by atoms with van der Waals surface area (Å²) < 4.78 is 2.98. The normalized spacial score (nSPS) is 11.0. The number of hydrogen-bond donors (Lipinski definition) is 1. The van der Waals surface area contributed by atoms with Crippen molar-refractivity contribution >= 4 is 33.0 Å². The first-order valence-electron chi connectivity index (χ1n) is 8.18. The average Bonchev–Trinajstić information content (AvgIpc) is 3.17. The second-order valence-corrected chi connectivity index (χ2v) is 7.12. The largest absolute Gasteiger partial charge is 0.319 e. The molecule has 0 radical (unpaired) electrons. The number of aryl methyl sites for hydroxylation is 2. The molecular weight excluding hydrogens is 346 g/mol. The number of carbonyl (C=O) groups excluding carboxylic acids is 1. The van der Waals surface area contributed by atoms with Gasteiger partial charge >= 0.3 is 0 Å². The van der Waals surface area contributed by atoms with E-state index in [1.54, 1.807) is 12.4 Å². The number of hydrogen-bond acceptors (Lipinski definition) is 5. The Labute approximate surface area is 154 Å². The van der Waals surface area contributed by atoms with Gasteiger partial charge in [-0.3, -0.25) is 9.36 Å². The molecule has 0 saturated carbocycles. The van der Waals surface area contributed by atoms with Gasteiger partial charge < -0.3 is 5.32 Å². The van der Waals surface area contributed by atoms with E-state index in [1.165, 1.54) is 11.3 Å². The number of anilines is 1. The van der Waals surface area contributed by atoms with Crippen molar-refractivity contribution in [3.8, 4) is 5.95 Å². The molecule has 4 rings (SSSR count). The quantitative estimate of drug-likeness (QED) is 0.596. The van der Waals surface area contributed by atoms with Crippen LogP contribution in [0, 0.1) is 20.8 Å². The van der Waals surface area contributed by atoms with Gasteiger partial charge in [-0.1, -0.05) is 18.2 Å². The lowest BCUT2D eigenvalue weighted by Crippen LogP contribution is -2.12. The lowest BCUT2D eigenvalue weighted by Gasteiger charge is -2.07. The van der Waals surface area contributed by atoms with Gasteiger partial charge in [0.25, 0.3) is 5.91 Å². The van der Waals surface area contributed by atoms with E-state index in [0.717, 1.165) is 27.3 Å². The number of nitrogens with zero attached hydrogens (tertiary/aromatic N) is 4. The van der Waals surface area contributed by atoms with Crippen molar-refractivity contribution in [2.45, 2.75) is 20.8 Å². The van der Waals surface area contributed by atoms with Crippen molar-refractivity contribution < 1.29 is 4.79 Å². The maximum Gasteiger partial charge on any atom is 0.265 e. The van der Waals surface area contributed by atoms with Gasteiger partial charge in [0.05, 0.1) is 28.7 Å². The minimum atomic E-state index is -0.159. The highest BCUT2D eigenvalue weighted by molar-refractivity contribution is 7.20. The maximum atomic E-state index is 12.5. The number of rotatable bonds is 3. The van der Waals surface area contributed by atoms with Crippen LogP contribution in [-0.4, -0.2) is 25.4 Å². The molecule has 26 heavy (non-hydrogen) atoms. The lowest BCUT2D eigenvalue weighted by molar-refractivity contribution is 0.103. The third-order valence-corrected chi connectivity index (χ3v) is 5.37. The molecule has 0 aliphatic carbocycles. The molecule has 0 spiro atoms. The van der Waals surface area contributed by atoms with E-state index >= 15 is 0 Å². The molecule has 3 aromatic heterocycles. The molecule has 0 fully saturated rings. The van der Waals surface area contributed by atoms with Crippen molar-refractivity contribution in [3.63, 3.8) is 0 Å². The molecular formula is C19H17N5OS. The third-order valence-electron chi connectivity index (χ3n) is 4.26. The SMILES string of the molecule is Cc1nc(C)n(-c2ncc(NC(=O)c3cc4ccccc4s3)cn2)c1C. The number of benzene rings is 1. The van der Waals surface area contributed by atoms with E-state index in [9.17, 15) is 4.79 Å². The molecule has 130 valence electrons. The average molecular weight is 363 g/mol. The molecule has 4 aromatic rings. The van der Waals surface area contributed by atoms with Crippen molar-refractivity contribution in [1.82, 2.24) is 19.5 Å².